The lowest BCUT2D eigenvalue weighted by molar-refractivity contribution is 0.372. The Labute approximate surface area is 106 Å². The standard InChI is InChI=1S/C14H17NO3/c1-10(15-8-11-5-6-18-9-11)12-3-4-13(16)14(7-12)17-2/h3-7,9-10,15-16H,8H2,1-2H3. The van der Waals surface area contributed by atoms with E-state index < -0.39 is 0 Å². The van der Waals surface area contributed by atoms with Crippen molar-refractivity contribution < 1.29 is 14.3 Å². The Morgan fingerprint density at radius 2 is 2.22 bits per heavy atom. The first kappa shape index (κ1) is 12.5. The molecule has 96 valence electrons. The molecule has 2 aromatic rings. The SMILES string of the molecule is COc1cc(C(C)NCc2ccoc2)ccc1O. The Hall–Kier alpha value is -1.94. The highest BCUT2D eigenvalue weighted by Crippen LogP contribution is 2.28. The molecule has 18 heavy (non-hydrogen) atoms. The van der Waals surface area contributed by atoms with E-state index >= 15 is 0 Å². The maximum absolute atomic E-state index is 9.54. The van der Waals surface area contributed by atoms with Crippen LogP contribution in [0.25, 0.3) is 0 Å². The molecule has 0 aliphatic heterocycles. The van der Waals surface area contributed by atoms with Gasteiger partial charge < -0.3 is 19.6 Å². The summed E-state index contributed by atoms with van der Waals surface area (Å²) in [5, 5.41) is 12.9. The van der Waals surface area contributed by atoms with Crippen LogP contribution in [0, 0.1) is 0 Å². The first-order chi connectivity index (χ1) is 8.70. The van der Waals surface area contributed by atoms with Crippen LogP contribution < -0.4 is 10.1 Å². The van der Waals surface area contributed by atoms with E-state index in [2.05, 4.69) is 12.2 Å². The molecule has 2 rings (SSSR count). The largest absolute Gasteiger partial charge is 0.504 e. The number of ether oxygens (including phenoxy) is 1. The zero-order valence-corrected chi connectivity index (χ0v) is 10.5. The molecule has 1 aromatic carbocycles. The number of nitrogens with one attached hydrogen (secondary N) is 1. The summed E-state index contributed by atoms with van der Waals surface area (Å²) in [6.07, 6.45) is 3.38. The topological polar surface area (TPSA) is 54.6 Å². The fraction of sp³-hybridized carbons (Fsp3) is 0.286. The Bertz CT molecular complexity index is 494. The van der Waals surface area contributed by atoms with E-state index in [1.807, 2.05) is 18.2 Å². The maximum atomic E-state index is 9.54. The van der Waals surface area contributed by atoms with Crippen molar-refractivity contribution in [3.63, 3.8) is 0 Å². The lowest BCUT2D eigenvalue weighted by Gasteiger charge is -2.15. The highest BCUT2D eigenvalue weighted by molar-refractivity contribution is 5.42. The summed E-state index contributed by atoms with van der Waals surface area (Å²) in [4.78, 5) is 0. The molecular weight excluding hydrogens is 230 g/mol. The van der Waals surface area contributed by atoms with Crippen molar-refractivity contribution in [3.05, 3.63) is 47.9 Å². The van der Waals surface area contributed by atoms with Crippen LogP contribution in [0.1, 0.15) is 24.1 Å². The summed E-state index contributed by atoms with van der Waals surface area (Å²) in [6.45, 7) is 2.80. The van der Waals surface area contributed by atoms with Gasteiger partial charge in [0.15, 0.2) is 11.5 Å². The van der Waals surface area contributed by atoms with E-state index in [1.54, 1.807) is 25.7 Å². The number of hydrogen-bond donors (Lipinski definition) is 2. The number of benzene rings is 1. The Morgan fingerprint density at radius 3 is 2.89 bits per heavy atom. The van der Waals surface area contributed by atoms with Crippen molar-refractivity contribution in [1.29, 1.82) is 0 Å². The number of furan rings is 1. The summed E-state index contributed by atoms with van der Waals surface area (Å²) in [6, 6.07) is 7.45. The van der Waals surface area contributed by atoms with Crippen molar-refractivity contribution in [1.82, 2.24) is 5.32 Å². The molecule has 0 spiro atoms. The third-order valence-corrected chi connectivity index (χ3v) is 2.90. The normalized spacial score (nSPS) is 12.3. The second kappa shape index (κ2) is 5.60. The Morgan fingerprint density at radius 1 is 1.39 bits per heavy atom. The average molecular weight is 247 g/mol. The van der Waals surface area contributed by atoms with Crippen LogP contribution in [0.5, 0.6) is 11.5 Å². The van der Waals surface area contributed by atoms with Gasteiger partial charge in [-0.15, -0.1) is 0 Å². The maximum Gasteiger partial charge on any atom is 0.160 e. The number of methoxy groups -OCH3 is 1. The molecule has 0 fully saturated rings. The van der Waals surface area contributed by atoms with E-state index in [4.69, 9.17) is 9.15 Å². The third kappa shape index (κ3) is 2.84. The van der Waals surface area contributed by atoms with Crippen LogP contribution >= 0.6 is 0 Å². The zero-order valence-electron chi connectivity index (χ0n) is 10.5. The first-order valence-electron chi connectivity index (χ1n) is 5.82. The highest BCUT2D eigenvalue weighted by atomic mass is 16.5. The monoisotopic (exact) mass is 247 g/mol. The first-order valence-corrected chi connectivity index (χ1v) is 5.82. The number of hydrogen-bond acceptors (Lipinski definition) is 4. The Kier molecular flexibility index (Phi) is 3.89. The Balaban J connectivity index is 2.02. The molecule has 4 nitrogen and oxygen atoms in total. The molecule has 0 radical (unpaired) electrons. The minimum atomic E-state index is 0.156. The lowest BCUT2D eigenvalue weighted by Crippen LogP contribution is -2.17. The van der Waals surface area contributed by atoms with Crippen LogP contribution in [-0.2, 0) is 6.54 Å². The molecule has 0 aliphatic carbocycles. The van der Waals surface area contributed by atoms with E-state index in [0.717, 1.165) is 17.7 Å². The molecule has 0 aliphatic rings. The molecule has 1 unspecified atom stereocenters. The van der Waals surface area contributed by atoms with Crippen molar-refractivity contribution in [2.45, 2.75) is 19.5 Å². The fourth-order valence-electron chi connectivity index (χ4n) is 1.75. The second-order valence-corrected chi connectivity index (χ2v) is 4.17. The van der Waals surface area contributed by atoms with Gasteiger partial charge in [0.1, 0.15) is 0 Å². The van der Waals surface area contributed by atoms with Gasteiger partial charge in [0.25, 0.3) is 0 Å². The van der Waals surface area contributed by atoms with Crippen molar-refractivity contribution in [2.75, 3.05) is 7.11 Å². The predicted molar refractivity (Wildman–Crippen MR) is 68.6 cm³/mol. The minimum Gasteiger partial charge on any atom is -0.504 e. The van der Waals surface area contributed by atoms with Crippen LogP contribution in [0.4, 0.5) is 0 Å². The van der Waals surface area contributed by atoms with E-state index in [1.165, 1.54) is 0 Å². The van der Waals surface area contributed by atoms with E-state index in [0.29, 0.717) is 5.75 Å². The second-order valence-electron chi connectivity index (χ2n) is 4.17. The molecule has 0 bridgehead atoms. The van der Waals surface area contributed by atoms with Crippen LogP contribution in [0.15, 0.2) is 41.2 Å². The summed E-state index contributed by atoms with van der Waals surface area (Å²) in [7, 11) is 1.54. The molecule has 1 aromatic heterocycles. The van der Waals surface area contributed by atoms with Crippen molar-refractivity contribution >= 4 is 0 Å². The summed E-state index contributed by atoms with van der Waals surface area (Å²) in [5.74, 6) is 0.646. The van der Waals surface area contributed by atoms with Gasteiger partial charge in [-0.05, 0) is 30.7 Å². The summed E-state index contributed by atoms with van der Waals surface area (Å²) >= 11 is 0. The predicted octanol–water partition coefficient (Wildman–Crippen LogP) is 2.84. The van der Waals surface area contributed by atoms with Crippen molar-refractivity contribution in [3.8, 4) is 11.5 Å². The molecule has 0 saturated carbocycles. The van der Waals surface area contributed by atoms with Crippen LogP contribution in [0.3, 0.4) is 0 Å². The van der Waals surface area contributed by atoms with Gasteiger partial charge in [-0.1, -0.05) is 6.07 Å². The molecule has 2 N–H and O–H groups in total. The molecule has 1 heterocycles. The average Bonchev–Trinajstić information content (AvgIpc) is 2.89. The number of rotatable bonds is 5. The quantitative estimate of drug-likeness (QED) is 0.853. The lowest BCUT2D eigenvalue weighted by atomic mass is 10.1. The summed E-state index contributed by atoms with van der Waals surface area (Å²) in [5.41, 5.74) is 2.17. The minimum absolute atomic E-state index is 0.156. The van der Waals surface area contributed by atoms with Crippen molar-refractivity contribution in [2.24, 2.45) is 0 Å². The summed E-state index contributed by atoms with van der Waals surface area (Å²) < 4.78 is 10.1. The number of aromatic hydroxyl groups is 1. The fourth-order valence-corrected chi connectivity index (χ4v) is 1.75. The number of phenolic OH excluding ortho intramolecular Hbond substituents is 1. The highest BCUT2D eigenvalue weighted by Gasteiger charge is 2.09. The molecular formula is C14H17NO3. The van der Waals surface area contributed by atoms with Gasteiger partial charge in [0.2, 0.25) is 0 Å². The van der Waals surface area contributed by atoms with Gasteiger partial charge in [-0.2, -0.15) is 0 Å². The van der Waals surface area contributed by atoms with Crippen LogP contribution in [-0.4, -0.2) is 12.2 Å². The van der Waals surface area contributed by atoms with Gasteiger partial charge in [-0.3, -0.25) is 0 Å². The van der Waals surface area contributed by atoms with Gasteiger partial charge in [0, 0.05) is 18.2 Å². The molecule has 0 saturated heterocycles. The van der Waals surface area contributed by atoms with Crippen LogP contribution in [0.2, 0.25) is 0 Å². The zero-order chi connectivity index (χ0) is 13.0. The molecule has 4 heteroatoms. The number of phenols is 1. The van der Waals surface area contributed by atoms with E-state index in [9.17, 15) is 5.11 Å². The van der Waals surface area contributed by atoms with Gasteiger partial charge in [0.05, 0.1) is 19.6 Å². The van der Waals surface area contributed by atoms with Gasteiger partial charge >= 0.3 is 0 Å². The smallest absolute Gasteiger partial charge is 0.160 e. The third-order valence-electron chi connectivity index (χ3n) is 2.90. The van der Waals surface area contributed by atoms with E-state index in [-0.39, 0.29) is 11.8 Å². The molecule has 0 amide bonds. The van der Waals surface area contributed by atoms with Gasteiger partial charge in [-0.25, -0.2) is 0 Å². The molecule has 1 atom stereocenters.